The van der Waals surface area contributed by atoms with Crippen molar-refractivity contribution in [2.75, 3.05) is 26.2 Å². The zero-order chi connectivity index (χ0) is 16.1. The van der Waals surface area contributed by atoms with Gasteiger partial charge in [0.25, 0.3) is 5.91 Å². The summed E-state index contributed by atoms with van der Waals surface area (Å²) in [5.74, 6) is -0.724. The molecule has 1 fully saturated rings. The predicted octanol–water partition coefficient (Wildman–Crippen LogP) is 0.420. The molecule has 1 aromatic carbocycles. The summed E-state index contributed by atoms with van der Waals surface area (Å²) in [6.07, 6.45) is -0.453. The molecule has 1 aliphatic heterocycles. The maximum atomic E-state index is 11.9. The highest BCUT2D eigenvalue weighted by atomic mass is 35.5. The average Bonchev–Trinajstić information content (AvgIpc) is 2.90. The number of nitrogens with one attached hydrogen (secondary N) is 3. The zero-order valence-electron chi connectivity index (χ0n) is 11.7. The Hall–Kier alpha value is -1.34. The first-order valence-corrected chi connectivity index (χ1v) is 7.61. The van der Waals surface area contributed by atoms with Crippen LogP contribution < -0.4 is 16.0 Å². The molecule has 2 amide bonds. The van der Waals surface area contributed by atoms with Crippen molar-refractivity contribution >= 4 is 35.0 Å². The van der Waals surface area contributed by atoms with Gasteiger partial charge in [-0.15, -0.1) is 0 Å². The van der Waals surface area contributed by atoms with Crippen molar-refractivity contribution in [2.24, 2.45) is 5.92 Å². The largest absolute Gasteiger partial charge is 0.391 e. The fourth-order valence-electron chi connectivity index (χ4n) is 2.13. The van der Waals surface area contributed by atoms with E-state index in [2.05, 4.69) is 16.0 Å². The lowest BCUT2D eigenvalue weighted by molar-refractivity contribution is -0.120. The van der Waals surface area contributed by atoms with E-state index in [1.54, 1.807) is 0 Å². The van der Waals surface area contributed by atoms with E-state index in [4.69, 9.17) is 23.2 Å². The van der Waals surface area contributed by atoms with Crippen LogP contribution in [0.15, 0.2) is 18.2 Å². The normalized spacial score (nSPS) is 20.7. The highest BCUT2D eigenvalue weighted by Crippen LogP contribution is 2.22. The number of halogens is 2. The van der Waals surface area contributed by atoms with E-state index in [0.717, 1.165) is 0 Å². The summed E-state index contributed by atoms with van der Waals surface area (Å²) in [5, 5.41) is 18.5. The molecule has 2 rings (SSSR count). The number of aliphatic hydroxyl groups excluding tert-OH is 1. The second-order valence-corrected chi connectivity index (χ2v) is 5.92. The monoisotopic (exact) mass is 345 g/mol. The molecule has 6 nitrogen and oxygen atoms in total. The Labute approximate surface area is 138 Å². The standard InChI is InChI=1S/C14H17Cl2N3O3/c15-10-2-1-8(3-11(10)16)14(22)19-7-13(21)18-5-9-4-17-6-12(9)20/h1-3,9,12,17,20H,4-7H2,(H,18,21)(H,19,22). The van der Waals surface area contributed by atoms with Gasteiger partial charge in [-0.3, -0.25) is 9.59 Å². The van der Waals surface area contributed by atoms with E-state index in [0.29, 0.717) is 30.2 Å². The molecule has 2 unspecified atom stereocenters. The molecular weight excluding hydrogens is 329 g/mol. The Morgan fingerprint density at radius 3 is 2.64 bits per heavy atom. The first-order valence-electron chi connectivity index (χ1n) is 6.86. The molecule has 1 saturated heterocycles. The molecule has 4 N–H and O–H groups in total. The van der Waals surface area contributed by atoms with Gasteiger partial charge in [-0.2, -0.15) is 0 Å². The summed E-state index contributed by atoms with van der Waals surface area (Å²) >= 11 is 11.6. The fraction of sp³-hybridized carbons (Fsp3) is 0.429. The number of β-amino-alcohol motifs (C(OH)–C–C–N with tert-alkyl or cyclic N) is 1. The minimum absolute atomic E-state index is 0.00489. The van der Waals surface area contributed by atoms with Crippen molar-refractivity contribution in [3.8, 4) is 0 Å². The lowest BCUT2D eigenvalue weighted by Gasteiger charge is -2.14. The van der Waals surface area contributed by atoms with Crippen LogP contribution in [0, 0.1) is 5.92 Å². The minimum Gasteiger partial charge on any atom is -0.391 e. The smallest absolute Gasteiger partial charge is 0.251 e. The Morgan fingerprint density at radius 1 is 1.23 bits per heavy atom. The number of carbonyl (C=O) groups is 2. The van der Waals surface area contributed by atoms with Crippen LogP contribution in [0.4, 0.5) is 0 Å². The number of aliphatic hydroxyl groups is 1. The van der Waals surface area contributed by atoms with Gasteiger partial charge >= 0.3 is 0 Å². The fourth-order valence-corrected chi connectivity index (χ4v) is 2.43. The van der Waals surface area contributed by atoms with Gasteiger partial charge in [-0.05, 0) is 18.2 Å². The molecule has 2 atom stereocenters. The van der Waals surface area contributed by atoms with Crippen LogP contribution in [0.25, 0.3) is 0 Å². The van der Waals surface area contributed by atoms with Crippen molar-refractivity contribution in [1.82, 2.24) is 16.0 Å². The van der Waals surface area contributed by atoms with E-state index < -0.39 is 12.0 Å². The van der Waals surface area contributed by atoms with Crippen molar-refractivity contribution in [3.63, 3.8) is 0 Å². The molecule has 22 heavy (non-hydrogen) atoms. The van der Waals surface area contributed by atoms with Crippen LogP contribution in [0.2, 0.25) is 10.0 Å². The van der Waals surface area contributed by atoms with Crippen LogP contribution in [0.1, 0.15) is 10.4 Å². The summed E-state index contributed by atoms with van der Waals surface area (Å²) in [5.41, 5.74) is 0.331. The number of benzene rings is 1. The van der Waals surface area contributed by atoms with Crippen molar-refractivity contribution < 1.29 is 14.7 Å². The topological polar surface area (TPSA) is 90.5 Å². The summed E-state index contributed by atoms with van der Waals surface area (Å²) < 4.78 is 0. The number of hydrogen-bond donors (Lipinski definition) is 4. The van der Waals surface area contributed by atoms with Gasteiger partial charge in [-0.1, -0.05) is 23.2 Å². The molecule has 1 aliphatic rings. The van der Waals surface area contributed by atoms with Crippen LogP contribution >= 0.6 is 23.2 Å². The number of amides is 2. The van der Waals surface area contributed by atoms with Gasteiger partial charge in [0.15, 0.2) is 0 Å². The number of rotatable bonds is 5. The van der Waals surface area contributed by atoms with Crippen molar-refractivity contribution in [2.45, 2.75) is 6.10 Å². The molecular formula is C14H17Cl2N3O3. The van der Waals surface area contributed by atoms with Crippen molar-refractivity contribution in [1.29, 1.82) is 0 Å². The first-order chi connectivity index (χ1) is 10.5. The molecule has 0 saturated carbocycles. The van der Waals surface area contributed by atoms with Crippen LogP contribution in [-0.2, 0) is 4.79 Å². The van der Waals surface area contributed by atoms with Crippen molar-refractivity contribution in [3.05, 3.63) is 33.8 Å². The highest BCUT2D eigenvalue weighted by Gasteiger charge is 2.24. The van der Waals surface area contributed by atoms with E-state index in [9.17, 15) is 14.7 Å². The van der Waals surface area contributed by atoms with Gasteiger partial charge in [0.2, 0.25) is 5.91 Å². The maximum absolute atomic E-state index is 11.9. The quantitative estimate of drug-likeness (QED) is 0.622. The SMILES string of the molecule is O=C(CNC(=O)c1ccc(Cl)c(Cl)c1)NCC1CNCC1O. The third kappa shape index (κ3) is 4.58. The molecule has 8 heteroatoms. The van der Waals surface area contributed by atoms with Crippen LogP contribution in [0.3, 0.4) is 0 Å². The van der Waals surface area contributed by atoms with Gasteiger partial charge in [0, 0.05) is 31.1 Å². The Morgan fingerprint density at radius 2 is 2.00 bits per heavy atom. The summed E-state index contributed by atoms with van der Waals surface area (Å²) in [7, 11) is 0. The van der Waals surface area contributed by atoms with Gasteiger partial charge in [-0.25, -0.2) is 0 Å². The maximum Gasteiger partial charge on any atom is 0.251 e. The second kappa shape index (κ2) is 7.78. The molecule has 0 radical (unpaired) electrons. The summed E-state index contributed by atoms with van der Waals surface area (Å²) in [6.45, 7) is 1.43. The second-order valence-electron chi connectivity index (χ2n) is 5.10. The van der Waals surface area contributed by atoms with E-state index >= 15 is 0 Å². The van der Waals surface area contributed by atoms with Gasteiger partial charge in [0.05, 0.1) is 22.7 Å². The lowest BCUT2D eigenvalue weighted by atomic mass is 10.1. The predicted molar refractivity (Wildman–Crippen MR) is 84.2 cm³/mol. The van der Waals surface area contributed by atoms with Gasteiger partial charge in [0.1, 0.15) is 0 Å². The van der Waals surface area contributed by atoms with E-state index in [1.165, 1.54) is 18.2 Å². The first kappa shape index (κ1) is 17.0. The third-order valence-corrected chi connectivity index (χ3v) is 4.20. The molecule has 0 aromatic heterocycles. The molecule has 120 valence electrons. The number of hydrogen-bond acceptors (Lipinski definition) is 4. The average molecular weight is 346 g/mol. The molecule has 0 aliphatic carbocycles. The van der Waals surface area contributed by atoms with E-state index in [1.807, 2.05) is 0 Å². The van der Waals surface area contributed by atoms with Crippen LogP contribution in [-0.4, -0.2) is 49.2 Å². The van der Waals surface area contributed by atoms with Gasteiger partial charge < -0.3 is 21.1 Å². The lowest BCUT2D eigenvalue weighted by Crippen LogP contribution is -2.40. The Kier molecular flexibility index (Phi) is 6.02. The Balaban J connectivity index is 1.75. The summed E-state index contributed by atoms with van der Waals surface area (Å²) in [6, 6.07) is 4.49. The zero-order valence-corrected chi connectivity index (χ0v) is 13.2. The molecule has 0 bridgehead atoms. The Bertz CT molecular complexity index is 568. The highest BCUT2D eigenvalue weighted by molar-refractivity contribution is 6.42. The molecule has 1 heterocycles. The van der Waals surface area contributed by atoms with E-state index in [-0.39, 0.29) is 23.4 Å². The third-order valence-electron chi connectivity index (χ3n) is 3.46. The number of carbonyl (C=O) groups excluding carboxylic acids is 2. The molecule has 0 spiro atoms. The summed E-state index contributed by atoms with van der Waals surface area (Å²) in [4.78, 5) is 23.6. The van der Waals surface area contributed by atoms with Crippen LogP contribution in [0.5, 0.6) is 0 Å². The minimum atomic E-state index is -0.453. The molecule has 1 aromatic rings.